The van der Waals surface area contributed by atoms with Gasteiger partial charge in [0.05, 0.1) is 5.75 Å². The summed E-state index contributed by atoms with van der Waals surface area (Å²) in [6, 6.07) is 9.41. The fourth-order valence-corrected chi connectivity index (χ4v) is 2.55. The molecule has 1 rings (SSSR count). The maximum atomic E-state index is 11.6. The Balaban J connectivity index is 2.35. The Morgan fingerprint density at radius 1 is 1.21 bits per heavy atom. The van der Waals surface area contributed by atoms with E-state index in [9.17, 15) is 13.2 Å². The quantitative estimate of drug-likeness (QED) is 0.790. The molecule has 0 amide bonds. The van der Waals surface area contributed by atoms with Crippen LogP contribution >= 0.6 is 0 Å². The molecule has 0 fully saturated rings. The molecule has 0 spiro atoms. The molecule has 0 saturated heterocycles. The van der Waals surface area contributed by atoms with Gasteiger partial charge in [0, 0.05) is 24.6 Å². The van der Waals surface area contributed by atoms with Crippen molar-refractivity contribution in [3.05, 3.63) is 35.9 Å². The van der Waals surface area contributed by atoms with Gasteiger partial charge in [-0.05, 0) is 12.0 Å². The lowest BCUT2D eigenvalue weighted by atomic mass is 10.0. The van der Waals surface area contributed by atoms with E-state index in [1.807, 2.05) is 30.3 Å². The molecule has 0 heterocycles. The molecule has 2 N–H and O–H groups in total. The molecule has 1 unspecified atom stereocenters. The summed E-state index contributed by atoms with van der Waals surface area (Å²) in [4.78, 5) is 11.6. The highest BCUT2D eigenvalue weighted by Gasteiger charge is 2.13. The van der Waals surface area contributed by atoms with Crippen molar-refractivity contribution < 1.29 is 13.2 Å². The van der Waals surface area contributed by atoms with Crippen molar-refractivity contribution in [2.24, 2.45) is 5.73 Å². The standard InChI is InChI=1S/C14H21NO3S/c1-2-19(17,18)11-10-13(16)8-9-14(15)12-6-4-3-5-7-12/h3-7,14H,2,8-11,15H2,1H3. The van der Waals surface area contributed by atoms with Crippen LogP contribution in [0.25, 0.3) is 0 Å². The second kappa shape index (κ2) is 7.40. The summed E-state index contributed by atoms with van der Waals surface area (Å²) in [5, 5.41) is 0. The van der Waals surface area contributed by atoms with Gasteiger partial charge in [-0.2, -0.15) is 0 Å². The maximum Gasteiger partial charge on any atom is 0.150 e. The van der Waals surface area contributed by atoms with Crippen LogP contribution in [0.4, 0.5) is 0 Å². The van der Waals surface area contributed by atoms with E-state index in [2.05, 4.69) is 0 Å². The average molecular weight is 283 g/mol. The summed E-state index contributed by atoms with van der Waals surface area (Å²) in [5.74, 6) is -0.00407. The van der Waals surface area contributed by atoms with E-state index in [1.54, 1.807) is 6.92 Å². The summed E-state index contributed by atoms with van der Waals surface area (Å²) in [6.07, 6.45) is 0.974. The second-order valence-corrected chi connectivity index (χ2v) is 7.05. The number of carbonyl (C=O) groups is 1. The zero-order valence-electron chi connectivity index (χ0n) is 11.2. The monoisotopic (exact) mass is 283 g/mol. The molecule has 4 nitrogen and oxygen atoms in total. The van der Waals surface area contributed by atoms with Crippen molar-refractivity contribution in [3.8, 4) is 0 Å². The molecule has 1 atom stereocenters. The van der Waals surface area contributed by atoms with Crippen molar-refractivity contribution in [2.45, 2.75) is 32.2 Å². The number of Topliss-reactive ketones (excluding diaryl/α,β-unsaturated/α-hetero) is 1. The van der Waals surface area contributed by atoms with Crippen molar-refractivity contribution in [3.63, 3.8) is 0 Å². The van der Waals surface area contributed by atoms with Gasteiger partial charge in [0.15, 0.2) is 0 Å². The summed E-state index contributed by atoms with van der Waals surface area (Å²) in [6.45, 7) is 1.59. The van der Waals surface area contributed by atoms with E-state index in [1.165, 1.54) is 0 Å². The van der Waals surface area contributed by atoms with E-state index < -0.39 is 9.84 Å². The van der Waals surface area contributed by atoms with Gasteiger partial charge < -0.3 is 5.73 Å². The molecule has 0 radical (unpaired) electrons. The Kier molecular flexibility index (Phi) is 6.18. The van der Waals surface area contributed by atoms with Crippen LogP contribution < -0.4 is 5.73 Å². The smallest absolute Gasteiger partial charge is 0.150 e. The maximum absolute atomic E-state index is 11.6. The molecule has 5 heteroatoms. The van der Waals surface area contributed by atoms with E-state index >= 15 is 0 Å². The zero-order valence-corrected chi connectivity index (χ0v) is 12.0. The van der Waals surface area contributed by atoms with Crippen LogP contribution in [0.3, 0.4) is 0 Å². The predicted octanol–water partition coefficient (Wildman–Crippen LogP) is 1.86. The van der Waals surface area contributed by atoms with Gasteiger partial charge in [0.2, 0.25) is 0 Å². The fourth-order valence-electron chi connectivity index (χ4n) is 1.72. The SMILES string of the molecule is CCS(=O)(=O)CCC(=O)CCC(N)c1ccccc1. The van der Waals surface area contributed by atoms with Gasteiger partial charge in [-0.1, -0.05) is 37.3 Å². The number of nitrogens with two attached hydrogens (primary N) is 1. The molecular weight excluding hydrogens is 262 g/mol. The van der Waals surface area contributed by atoms with Crippen LogP contribution in [0.2, 0.25) is 0 Å². The van der Waals surface area contributed by atoms with Crippen LogP contribution in [-0.2, 0) is 14.6 Å². The van der Waals surface area contributed by atoms with Crippen molar-refractivity contribution in [1.29, 1.82) is 0 Å². The number of hydrogen-bond donors (Lipinski definition) is 1. The van der Waals surface area contributed by atoms with E-state index in [4.69, 9.17) is 5.73 Å². The van der Waals surface area contributed by atoms with Crippen molar-refractivity contribution >= 4 is 15.6 Å². The Labute approximate surface area is 114 Å². The van der Waals surface area contributed by atoms with Crippen LogP contribution in [0.5, 0.6) is 0 Å². The number of benzene rings is 1. The molecule has 0 aliphatic rings. The fraction of sp³-hybridized carbons (Fsp3) is 0.500. The van der Waals surface area contributed by atoms with Gasteiger partial charge in [0.1, 0.15) is 15.6 Å². The van der Waals surface area contributed by atoms with Crippen LogP contribution in [0.15, 0.2) is 30.3 Å². The van der Waals surface area contributed by atoms with E-state index in [0.29, 0.717) is 12.8 Å². The Morgan fingerprint density at radius 3 is 2.42 bits per heavy atom. The van der Waals surface area contributed by atoms with Gasteiger partial charge >= 0.3 is 0 Å². The summed E-state index contributed by atoms with van der Waals surface area (Å²) in [5.41, 5.74) is 6.98. The third kappa shape index (κ3) is 5.98. The summed E-state index contributed by atoms with van der Waals surface area (Å²) < 4.78 is 22.6. The van der Waals surface area contributed by atoms with E-state index in [-0.39, 0.29) is 29.8 Å². The highest BCUT2D eigenvalue weighted by atomic mass is 32.2. The molecule has 0 aromatic heterocycles. The van der Waals surface area contributed by atoms with Gasteiger partial charge in [-0.3, -0.25) is 4.79 Å². The minimum Gasteiger partial charge on any atom is -0.324 e. The lowest BCUT2D eigenvalue weighted by Crippen LogP contribution is -2.15. The van der Waals surface area contributed by atoms with Gasteiger partial charge in [-0.25, -0.2) is 8.42 Å². The van der Waals surface area contributed by atoms with Gasteiger partial charge in [0.25, 0.3) is 0 Å². The minimum atomic E-state index is -3.06. The highest BCUT2D eigenvalue weighted by molar-refractivity contribution is 7.91. The average Bonchev–Trinajstić information content (AvgIpc) is 2.43. The van der Waals surface area contributed by atoms with Gasteiger partial charge in [-0.15, -0.1) is 0 Å². The van der Waals surface area contributed by atoms with Crippen LogP contribution in [0.1, 0.15) is 37.8 Å². The van der Waals surface area contributed by atoms with E-state index in [0.717, 1.165) is 5.56 Å². The third-order valence-corrected chi connectivity index (χ3v) is 4.80. The Bertz CT molecular complexity index is 497. The van der Waals surface area contributed by atoms with Crippen LogP contribution in [0, 0.1) is 0 Å². The number of rotatable bonds is 8. The first kappa shape index (κ1) is 15.9. The molecule has 19 heavy (non-hydrogen) atoms. The number of sulfone groups is 1. The predicted molar refractivity (Wildman–Crippen MR) is 76.6 cm³/mol. The lowest BCUT2D eigenvalue weighted by Gasteiger charge is -2.11. The number of ketones is 1. The molecule has 1 aromatic rings. The summed E-state index contributed by atoms with van der Waals surface area (Å²) in [7, 11) is -3.06. The molecule has 1 aromatic carbocycles. The largest absolute Gasteiger partial charge is 0.324 e. The van der Waals surface area contributed by atoms with Crippen molar-refractivity contribution in [2.75, 3.05) is 11.5 Å². The van der Waals surface area contributed by atoms with Crippen LogP contribution in [-0.4, -0.2) is 25.7 Å². The number of hydrogen-bond acceptors (Lipinski definition) is 4. The molecular formula is C14H21NO3S. The molecule has 0 saturated carbocycles. The highest BCUT2D eigenvalue weighted by Crippen LogP contribution is 2.15. The third-order valence-electron chi connectivity index (χ3n) is 3.09. The normalized spacial score (nSPS) is 13.2. The molecule has 0 aliphatic heterocycles. The first-order valence-corrected chi connectivity index (χ1v) is 8.29. The molecule has 106 valence electrons. The first-order valence-electron chi connectivity index (χ1n) is 6.47. The summed E-state index contributed by atoms with van der Waals surface area (Å²) >= 11 is 0. The lowest BCUT2D eigenvalue weighted by molar-refractivity contribution is -0.118. The first-order chi connectivity index (χ1) is 8.94. The molecule has 0 aliphatic carbocycles. The second-order valence-electron chi connectivity index (χ2n) is 4.58. The number of carbonyl (C=O) groups excluding carboxylic acids is 1. The Hall–Kier alpha value is -1.20. The minimum absolute atomic E-state index is 0.0385. The zero-order chi connectivity index (χ0) is 14.3. The Morgan fingerprint density at radius 2 is 1.84 bits per heavy atom. The topological polar surface area (TPSA) is 77.2 Å². The molecule has 0 bridgehead atoms. The van der Waals surface area contributed by atoms with Crippen molar-refractivity contribution in [1.82, 2.24) is 0 Å².